The van der Waals surface area contributed by atoms with Crippen molar-refractivity contribution in [1.82, 2.24) is 15.1 Å². The van der Waals surface area contributed by atoms with Crippen molar-refractivity contribution in [2.24, 2.45) is 11.1 Å². The van der Waals surface area contributed by atoms with Gasteiger partial charge in [0.2, 0.25) is 5.91 Å². The van der Waals surface area contributed by atoms with Gasteiger partial charge in [-0.15, -0.1) is 0 Å². The molecule has 1 aromatic rings. The first-order valence-corrected chi connectivity index (χ1v) is 11.1. The molecule has 33 heavy (non-hydrogen) atoms. The molecule has 1 heterocycles. The Bertz CT molecular complexity index is 786. The number of benzene rings is 1. The maximum Gasteiger partial charge on any atom is 0.395 e. The lowest BCUT2D eigenvalue weighted by Gasteiger charge is -2.36. The summed E-state index contributed by atoms with van der Waals surface area (Å²) in [5, 5.41) is 2.86. The van der Waals surface area contributed by atoms with Gasteiger partial charge in [-0.1, -0.05) is 12.1 Å². The van der Waals surface area contributed by atoms with Crippen molar-refractivity contribution in [2.75, 3.05) is 26.7 Å². The number of hydrogen-bond acceptors (Lipinski definition) is 5. The van der Waals surface area contributed by atoms with Crippen LogP contribution >= 0.6 is 0 Å². The molecule has 10 heteroatoms. The van der Waals surface area contributed by atoms with Crippen LogP contribution in [0, 0.1) is 11.2 Å². The Morgan fingerprint density at radius 3 is 2.48 bits per heavy atom. The second kappa shape index (κ2) is 11.4. The minimum atomic E-state index is -4.38. The number of carbonyl (C=O) groups excluding carboxylic acids is 2. The molecule has 0 radical (unpaired) electrons. The number of hydrogen-bond donors (Lipinski definition) is 2. The SMILES string of the molecule is CN1C(CCN(CC(N)C=O)CC(C)(C)C(F)(F)F)CCC1C(=O)NCc1ccc(F)cc1. The smallest absolute Gasteiger partial charge is 0.351 e. The predicted octanol–water partition coefficient (Wildman–Crippen LogP) is 2.71. The first kappa shape index (κ1) is 27.2. The second-order valence-electron chi connectivity index (χ2n) is 9.46. The zero-order valence-electron chi connectivity index (χ0n) is 19.4. The van der Waals surface area contributed by atoms with Gasteiger partial charge in [0, 0.05) is 25.7 Å². The average Bonchev–Trinajstić information content (AvgIpc) is 3.10. The molecule has 186 valence electrons. The van der Waals surface area contributed by atoms with E-state index in [2.05, 4.69) is 5.32 Å². The number of likely N-dealkylation sites (tertiary alicyclic amines) is 1. The van der Waals surface area contributed by atoms with Crippen molar-refractivity contribution in [3.05, 3.63) is 35.6 Å². The van der Waals surface area contributed by atoms with Crippen LogP contribution in [0.4, 0.5) is 17.6 Å². The first-order chi connectivity index (χ1) is 15.3. The third-order valence-electron chi connectivity index (χ3n) is 6.33. The summed E-state index contributed by atoms with van der Waals surface area (Å²) in [5.41, 5.74) is 4.53. The van der Waals surface area contributed by atoms with E-state index in [1.54, 1.807) is 17.0 Å². The highest BCUT2D eigenvalue weighted by atomic mass is 19.4. The molecule has 3 N–H and O–H groups in total. The van der Waals surface area contributed by atoms with Crippen LogP contribution in [-0.4, -0.2) is 73.0 Å². The highest BCUT2D eigenvalue weighted by Gasteiger charge is 2.48. The van der Waals surface area contributed by atoms with Crippen LogP contribution in [0.1, 0.15) is 38.7 Å². The zero-order chi connectivity index (χ0) is 24.8. The van der Waals surface area contributed by atoms with Crippen LogP contribution in [-0.2, 0) is 16.1 Å². The number of alkyl halides is 3. The Balaban J connectivity index is 1.92. The van der Waals surface area contributed by atoms with E-state index in [0.29, 0.717) is 25.7 Å². The van der Waals surface area contributed by atoms with Gasteiger partial charge in [-0.05, 0) is 64.4 Å². The third-order valence-corrected chi connectivity index (χ3v) is 6.33. The Morgan fingerprint density at radius 2 is 1.91 bits per heavy atom. The van der Waals surface area contributed by atoms with Gasteiger partial charge in [-0.3, -0.25) is 9.69 Å². The van der Waals surface area contributed by atoms with Crippen LogP contribution in [0.15, 0.2) is 24.3 Å². The summed E-state index contributed by atoms with van der Waals surface area (Å²) in [6.45, 7) is 2.67. The molecule has 1 aliphatic rings. The summed E-state index contributed by atoms with van der Waals surface area (Å²) in [7, 11) is 1.83. The van der Waals surface area contributed by atoms with Crippen LogP contribution in [0.25, 0.3) is 0 Å². The molecule has 1 amide bonds. The molecule has 2 rings (SSSR count). The molecular formula is C23H34F4N4O2. The zero-order valence-corrected chi connectivity index (χ0v) is 19.4. The number of nitrogens with zero attached hydrogens (tertiary/aromatic N) is 2. The summed E-state index contributed by atoms with van der Waals surface area (Å²) in [5.74, 6) is -0.479. The van der Waals surface area contributed by atoms with Crippen molar-refractivity contribution in [1.29, 1.82) is 0 Å². The molecule has 3 unspecified atom stereocenters. The third kappa shape index (κ3) is 7.75. The van der Waals surface area contributed by atoms with Gasteiger partial charge in [0.05, 0.1) is 17.5 Å². The number of rotatable bonds is 11. The standard InChI is InChI=1S/C23H34F4N4O2/c1-22(2,23(25,26)27)15-31(13-18(28)14-32)11-10-19-8-9-20(30(19)3)21(33)29-12-16-4-6-17(24)7-5-16/h4-7,14,18-20H,8-13,15,28H2,1-3H3,(H,29,33). The fourth-order valence-corrected chi connectivity index (χ4v) is 4.14. The summed E-state index contributed by atoms with van der Waals surface area (Å²) < 4.78 is 53.1. The maximum absolute atomic E-state index is 13.4. The van der Waals surface area contributed by atoms with E-state index in [0.717, 1.165) is 25.8 Å². The Labute approximate surface area is 192 Å². The number of nitrogens with one attached hydrogen (secondary N) is 1. The van der Waals surface area contributed by atoms with Gasteiger partial charge in [0.15, 0.2) is 0 Å². The van der Waals surface area contributed by atoms with Gasteiger partial charge in [0.1, 0.15) is 12.1 Å². The molecule has 6 nitrogen and oxygen atoms in total. The van der Waals surface area contributed by atoms with Crippen molar-refractivity contribution >= 4 is 12.2 Å². The van der Waals surface area contributed by atoms with Crippen LogP contribution < -0.4 is 11.1 Å². The van der Waals surface area contributed by atoms with E-state index in [1.807, 2.05) is 11.9 Å². The van der Waals surface area contributed by atoms with Crippen LogP contribution in [0.5, 0.6) is 0 Å². The number of halogens is 4. The monoisotopic (exact) mass is 474 g/mol. The number of nitrogens with two attached hydrogens (primary N) is 1. The van der Waals surface area contributed by atoms with E-state index in [1.165, 1.54) is 12.1 Å². The summed E-state index contributed by atoms with van der Waals surface area (Å²) in [6, 6.07) is 4.71. The van der Waals surface area contributed by atoms with Crippen molar-refractivity contribution in [3.8, 4) is 0 Å². The normalized spacial score (nSPS) is 20.8. The number of carbonyl (C=O) groups is 2. The van der Waals surface area contributed by atoms with E-state index in [9.17, 15) is 27.2 Å². The minimum absolute atomic E-state index is 0.0236. The lowest BCUT2D eigenvalue weighted by Crippen LogP contribution is -2.49. The van der Waals surface area contributed by atoms with E-state index < -0.39 is 17.6 Å². The van der Waals surface area contributed by atoms with Crippen LogP contribution in [0.2, 0.25) is 0 Å². The van der Waals surface area contributed by atoms with Gasteiger partial charge in [-0.2, -0.15) is 13.2 Å². The molecule has 0 aromatic heterocycles. The fraction of sp³-hybridized carbons (Fsp3) is 0.652. The van der Waals surface area contributed by atoms with E-state index in [-0.39, 0.29) is 43.4 Å². The van der Waals surface area contributed by atoms with Crippen LogP contribution in [0.3, 0.4) is 0 Å². The Hall–Kier alpha value is -2.04. The molecule has 3 atom stereocenters. The summed E-state index contributed by atoms with van der Waals surface area (Å²) in [4.78, 5) is 27.2. The molecular weight excluding hydrogens is 440 g/mol. The highest BCUT2D eigenvalue weighted by molar-refractivity contribution is 5.82. The molecule has 0 saturated carbocycles. The Morgan fingerprint density at radius 1 is 1.27 bits per heavy atom. The van der Waals surface area contributed by atoms with Crippen molar-refractivity contribution < 1.29 is 27.2 Å². The summed E-state index contributed by atoms with van der Waals surface area (Å²) >= 11 is 0. The van der Waals surface area contributed by atoms with Crippen molar-refractivity contribution in [3.63, 3.8) is 0 Å². The average molecular weight is 475 g/mol. The van der Waals surface area contributed by atoms with Gasteiger partial charge >= 0.3 is 6.18 Å². The Kier molecular flexibility index (Phi) is 9.39. The van der Waals surface area contributed by atoms with Gasteiger partial charge in [0.25, 0.3) is 0 Å². The molecule has 1 aromatic carbocycles. The number of likely N-dealkylation sites (N-methyl/N-ethyl adjacent to an activating group) is 1. The minimum Gasteiger partial charge on any atom is -0.351 e. The lowest BCUT2D eigenvalue weighted by molar-refractivity contribution is -0.216. The molecule has 1 fully saturated rings. The van der Waals surface area contributed by atoms with Gasteiger partial charge < -0.3 is 20.7 Å². The summed E-state index contributed by atoms with van der Waals surface area (Å²) in [6.07, 6.45) is -1.91. The first-order valence-electron chi connectivity index (χ1n) is 11.1. The van der Waals surface area contributed by atoms with E-state index in [4.69, 9.17) is 5.73 Å². The molecule has 1 saturated heterocycles. The molecule has 0 aliphatic carbocycles. The van der Waals surface area contributed by atoms with Crippen molar-refractivity contribution in [2.45, 2.75) is 64.0 Å². The lowest BCUT2D eigenvalue weighted by atomic mass is 9.91. The van der Waals surface area contributed by atoms with Gasteiger partial charge in [-0.25, -0.2) is 4.39 Å². The highest BCUT2D eigenvalue weighted by Crippen LogP contribution is 2.38. The largest absolute Gasteiger partial charge is 0.395 e. The molecule has 0 spiro atoms. The quantitative estimate of drug-likeness (QED) is 0.381. The molecule has 0 bridgehead atoms. The maximum atomic E-state index is 13.4. The number of amides is 1. The molecule has 1 aliphatic heterocycles. The number of aldehydes is 1. The van der Waals surface area contributed by atoms with E-state index >= 15 is 0 Å². The predicted molar refractivity (Wildman–Crippen MR) is 118 cm³/mol. The second-order valence-corrected chi connectivity index (χ2v) is 9.46. The fourth-order valence-electron chi connectivity index (χ4n) is 4.14. The topological polar surface area (TPSA) is 78.7 Å².